The number of benzene rings is 1. The van der Waals surface area contributed by atoms with Gasteiger partial charge in [0, 0.05) is 12.2 Å². The zero-order valence-corrected chi connectivity index (χ0v) is 10.6. The van der Waals surface area contributed by atoms with Crippen LogP contribution in [0.4, 0.5) is 4.39 Å². The highest BCUT2D eigenvalue weighted by molar-refractivity contribution is 9.10. The second kappa shape index (κ2) is 4.44. The number of rotatable bonds is 2. The Morgan fingerprint density at radius 2 is 2.33 bits per heavy atom. The molecule has 0 spiro atoms. The molecular formula is C11H12BrFOS. The number of hydrogen-bond acceptors (Lipinski definition) is 2. The van der Waals surface area contributed by atoms with E-state index in [-0.39, 0.29) is 5.82 Å². The van der Waals surface area contributed by atoms with Gasteiger partial charge in [-0.25, -0.2) is 4.39 Å². The monoisotopic (exact) mass is 290 g/mol. The minimum atomic E-state index is -0.595. The van der Waals surface area contributed by atoms with Crippen LogP contribution in [0.5, 0.6) is 0 Å². The molecule has 1 nitrogen and oxygen atoms in total. The van der Waals surface area contributed by atoms with Gasteiger partial charge in [0.15, 0.2) is 0 Å². The van der Waals surface area contributed by atoms with Gasteiger partial charge in [-0.2, -0.15) is 11.8 Å². The van der Waals surface area contributed by atoms with Gasteiger partial charge < -0.3 is 5.11 Å². The van der Waals surface area contributed by atoms with Crippen molar-refractivity contribution in [2.24, 2.45) is 0 Å². The largest absolute Gasteiger partial charge is 0.389 e. The Hall–Kier alpha value is -0.0600. The van der Waals surface area contributed by atoms with Crippen LogP contribution in [0.25, 0.3) is 0 Å². The molecule has 0 bridgehead atoms. The maximum absolute atomic E-state index is 13.0. The van der Waals surface area contributed by atoms with E-state index < -0.39 is 5.60 Å². The molecule has 1 fully saturated rings. The molecule has 4 heteroatoms. The lowest BCUT2D eigenvalue weighted by Crippen LogP contribution is -2.30. The van der Waals surface area contributed by atoms with Gasteiger partial charge in [0.05, 0.1) is 10.1 Å². The van der Waals surface area contributed by atoms with Crippen LogP contribution in [-0.4, -0.2) is 22.2 Å². The van der Waals surface area contributed by atoms with E-state index in [9.17, 15) is 9.50 Å². The minimum absolute atomic E-state index is 0.258. The van der Waals surface area contributed by atoms with Crippen molar-refractivity contribution in [1.29, 1.82) is 0 Å². The van der Waals surface area contributed by atoms with E-state index in [1.165, 1.54) is 6.07 Å². The summed E-state index contributed by atoms with van der Waals surface area (Å²) in [4.78, 5) is 0. The van der Waals surface area contributed by atoms with Gasteiger partial charge in [0.1, 0.15) is 5.82 Å². The zero-order chi connectivity index (χ0) is 10.9. The molecule has 1 aliphatic heterocycles. The summed E-state index contributed by atoms with van der Waals surface area (Å²) in [6, 6.07) is 4.92. The van der Waals surface area contributed by atoms with Crippen molar-refractivity contribution in [2.45, 2.75) is 18.4 Å². The Morgan fingerprint density at radius 3 is 2.93 bits per heavy atom. The standard InChI is InChI=1S/C11H12BrFOS/c12-9-5-8(1-2-10(9)13)6-11(14)3-4-15-7-11/h1-2,5,14H,3-4,6-7H2. The first-order valence-electron chi connectivity index (χ1n) is 4.83. The Labute approximate surface area is 101 Å². The molecule has 2 rings (SSSR count). The predicted octanol–water partition coefficient (Wildman–Crippen LogP) is 3.00. The van der Waals surface area contributed by atoms with Crippen molar-refractivity contribution in [3.8, 4) is 0 Å². The van der Waals surface area contributed by atoms with Crippen LogP contribution in [-0.2, 0) is 6.42 Å². The summed E-state index contributed by atoms with van der Waals surface area (Å²) in [6.07, 6.45) is 1.44. The van der Waals surface area contributed by atoms with E-state index in [1.807, 2.05) is 0 Å². The first-order valence-corrected chi connectivity index (χ1v) is 6.78. The van der Waals surface area contributed by atoms with E-state index in [0.29, 0.717) is 10.9 Å². The molecule has 1 heterocycles. The highest BCUT2D eigenvalue weighted by atomic mass is 79.9. The fourth-order valence-corrected chi connectivity index (χ4v) is 3.49. The lowest BCUT2D eigenvalue weighted by Gasteiger charge is -2.21. The summed E-state index contributed by atoms with van der Waals surface area (Å²) in [6.45, 7) is 0. The average Bonchev–Trinajstić information content (AvgIpc) is 2.59. The normalized spacial score (nSPS) is 25.8. The molecule has 0 radical (unpaired) electrons. The summed E-state index contributed by atoms with van der Waals surface area (Å²) in [5, 5.41) is 10.2. The second-order valence-corrected chi connectivity index (χ2v) is 5.91. The van der Waals surface area contributed by atoms with Crippen LogP contribution in [0.2, 0.25) is 0 Å². The van der Waals surface area contributed by atoms with Crippen LogP contribution in [0.1, 0.15) is 12.0 Å². The van der Waals surface area contributed by atoms with E-state index in [1.54, 1.807) is 23.9 Å². The van der Waals surface area contributed by atoms with Crippen LogP contribution in [0.15, 0.2) is 22.7 Å². The van der Waals surface area contributed by atoms with Crippen molar-refractivity contribution in [1.82, 2.24) is 0 Å². The first-order chi connectivity index (χ1) is 7.09. The smallest absolute Gasteiger partial charge is 0.137 e. The predicted molar refractivity (Wildman–Crippen MR) is 64.7 cm³/mol. The third-order valence-corrected chi connectivity index (χ3v) is 4.44. The molecule has 0 aromatic heterocycles. The van der Waals surface area contributed by atoms with Crippen LogP contribution in [0, 0.1) is 5.82 Å². The Balaban J connectivity index is 2.13. The Morgan fingerprint density at radius 1 is 1.53 bits per heavy atom. The van der Waals surface area contributed by atoms with Crippen molar-refractivity contribution < 1.29 is 9.50 Å². The molecule has 0 aliphatic carbocycles. The SMILES string of the molecule is OC1(Cc2ccc(F)c(Br)c2)CCSC1. The van der Waals surface area contributed by atoms with Crippen LogP contribution >= 0.6 is 27.7 Å². The minimum Gasteiger partial charge on any atom is -0.389 e. The summed E-state index contributed by atoms with van der Waals surface area (Å²) in [7, 11) is 0. The maximum Gasteiger partial charge on any atom is 0.137 e. The summed E-state index contributed by atoms with van der Waals surface area (Å²) in [5.41, 5.74) is 0.385. The highest BCUT2D eigenvalue weighted by Crippen LogP contribution is 2.31. The van der Waals surface area contributed by atoms with E-state index in [2.05, 4.69) is 15.9 Å². The van der Waals surface area contributed by atoms with Crippen molar-refractivity contribution in [2.75, 3.05) is 11.5 Å². The summed E-state index contributed by atoms with van der Waals surface area (Å²) in [5.74, 6) is 1.53. The number of aliphatic hydroxyl groups is 1. The molecule has 1 aliphatic rings. The molecule has 1 atom stereocenters. The number of thioether (sulfide) groups is 1. The third-order valence-electron chi connectivity index (χ3n) is 2.60. The van der Waals surface area contributed by atoms with Crippen molar-refractivity contribution >= 4 is 27.7 Å². The summed E-state index contributed by atoms with van der Waals surface area (Å²) >= 11 is 4.92. The lowest BCUT2D eigenvalue weighted by atomic mass is 9.94. The van der Waals surface area contributed by atoms with Crippen LogP contribution in [0.3, 0.4) is 0 Å². The third kappa shape index (κ3) is 2.74. The zero-order valence-electron chi connectivity index (χ0n) is 8.17. The molecule has 1 unspecified atom stereocenters. The molecule has 0 amide bonds. The van der Waals surface area contributed by atoms with E-state index in [4.69, 9.17) is 0 Å². The Bertz CT molecular complexity index is 364. The molecule has 1 saturated heterocycles. The number of hydrogen-bond donors (Lipinski definition) is 1. The summed E-state index contributed by atoms with van der Waals surface area (Å²) < 4.78 is 13.5. The first kappa shape index (κ1) is 11.4. The van der Waals surface area contributed by atoms with E-state index >= 15 is 0 Å². The van der Waals surface area contributed by atoms with Gasteiger partial charge in [0.25, 0.3) is 0 Å². The van der Waals surface area contributed by atoms with Gasteiger partial charge in [-0.3, -0.25) is 0 Å². The lowest BCUT2D eigenvalue weighted by molar-refractivity contribution is 0.0686. The Kier molecular flexibility index (Phi) is 3.38. The fourth-order valence-electron chi connectivity index (χ4n) is 1.77. The van der Waals surface area contributed by atoms with Gasteiger partial charge in [-0.15, -0.1) is 0 Å². The van der Waals surface area contributed by atoms with Crippen molar-refractivity contribution in [3.63, 3.8) is 0 Å². The number of halogens is 2. The van der Waals surface area contributed by atoms with Gasteiger partial charge in [-0.1, -0.05) is 6.07 Å². The molecule has 0 saturated carbocycles. The van der Waals surface area contributed by atoms with Gasteiger partial charge in [0.2, 0.25) is 0 Å². The molecular weight excluding hydrogens is 279 g/mol. The fraction of sp³-hybridized carbons (Fsp3) is 0.455. The molecule has 15 heavy (non-hydrogen) atoms. The van der Waals surface area contributed by atoms with Gasteiger partial charge in [-0.05, 0) is 45.8 Å². The molecule has 1 N–H and O–H groups in total. The maximum atomic E-state index is 13.0. The average molecular weight is 291 g/mol. The van der Waals surface area contributed by atoms with Crippen LogP contribution < -0.4 is 0 Å². The van der Waals surface area contributed by atoms with Crippen molar-refractivity contribution in [3.05, 3.63) is 34.1 Å². The van der Waals surface area contributed by atoms with Gasteiger partial charge >= 0.3 is 0 Å². The molecule has 82 valence electrons. The highest BCUT2D eigenvalue weighted by Gasteiger charge is 2.31. The molecule has 1 aromatic carbocycles. The van der Waals surface area contributed by atoms with E-state index in [0.717, 1.165) is 23.5 Å². The topological polar surface area (TPSA) is 20.2 Å². The second-order valence-electron chi connectivity index (χ2n) is 3.95. The molecule has 1 aromatic rings. The quantitative estimate of drug-likeness (QED) is 0.904.